The zero-order valence-electron chi connectivity index (χ0n) is 13.3. The molecule has 0 aromatic carbocycles. The lowest BCUT2D eigenvalue weighted by molar-refractivity contribution is 0.403. The number of nitrogens with zero attached hydrogens (tertiary/aromatic N) is 4. The number of rotatable bonds is 5. The van der Waals surface area contributed by atoms with E-state index in [-0.39, 0.29) is 11.5 Å². The summed E-state index contributed by atoms with van der Waals surface area (Å²) in [4.78, 5) is 0.971. The topological polar surface area (TPSA) is 78.9 Å². The van der Waals surface area contributed by atoms with Gasteiger partial charge >= 0.3 is 0 Å². The van der Waals surface area contributed by atoms with Gasteiger partial charge in [0.2, 0.25) is 0 Å². The quantitative estimate of drug-likeness (QED) is 0.918. The van der Waals surface area contributed by atoms with Gasteiger partial charge in [-0.25, -0.2) is 0 Å². The average Bonchev–Trinajstić information content (AvgIpc) is 3.04. The summed E-state index contributed by atoms with van der Waals surface area (Å²) in [6, 6.07) is -0.330. The van der Waals surface area contributed by atoms with Gasteiger partial charge in [0.1, 0.15) is 5.69 Å². The molecular formula is C14H23N5OS. The van der Waals surface area contributed by atoms with Crippen molar-refractivity contribution in [2.45, 2.75) is 52.1 Å². The lowest BCUT2D eigenvalue weighted by atomic mass is 9.89. The number of methoxy groups -OCH3 is 1. The Labute approximate surface area is 129 Å². The molecule has 2 rings (SSSR count). The van der Waals surface area contributed by atoms with Gasteiger partial charge in [-0.1, -0.05) is 32.2 Å². The molecule has 0 aliphatic carbocycles. The van der Waals surface area contributed by atoms with Gasteiger partial charge in [-0.2, -0.15) is 5.10 Å². The van der Waals surface area contributed by atoms with Crippen LogP contribution in [0.25, 0.3) is 0 Å². The number of aryl methyl sites for hydroxylation is 1. The van der Waals surface area contributed by atoms with Gasteiger partial charge in [0.25, 0.3) is 0 Å². The maximum Gasteiger partial charge on any atom is 0.161 e. The van der Waals surface area contributed by atoms with Crippen molar-refractivity contribution in [3.8, 4) is 5.75 Å². The van der Waals surface area contributed by atoms with Crippen LogP contribution in [-0.4, -0.2) is 26.5 Å². The molecule has 0 bridgehead atoms. The zero-order valence-corrected chi connectivity index (χ0v) is 14.1. The summed E-state index contributed by atoms with van der Waals surface area (Å²) in [5.41, 5.74) is 8.23. The monoisotopic (exact) mass is 309 g/mol. The summed E-state index contributed by atoms with van der Waals surface area (Å²) >= 11 is 1.35. The van der Waals surface area contributed by atoms with Gasteiger partial charge in [0.15, 0.2) is 5.75 Å². The lowest BCUT2D eigenvalue weighted by Crippen LogP contribution is -2.22. The van der Waals surface area contributed by atoms with E-state index in [0.29, 0.717) is 5.75 Å². The first-order chi connectivity index (χ1) is 9.90. The molecule has 0 aliphatic rings. The Hall–Kier alpha value is -1.47. The molecule has 2 heterocycles. The van der Waals surface area contributed by atoms with Crippen LogP contribution < -0.4 is 10.5 Å². The van der Waals surface area contributed by atoms with E-state index in [1.54, 1.807) is 13.3 Å². The van der Waals surface area contributed by atoms with E-state index in [0.717, 1.165) is 29.2 Å². The first kappa shape index (κ1) is 15.9. The van der Waals surface area contributed by atoms with E-state index >= 15 is 0 Å². The number of aromatic nitrogens is 4. The van der Waals surface area contributed by atoms with E-state index < -0.39 is 0 Å². The standard InChI is InChI=1S/C14H23N5OS/c1-6-7-19-11(9(20-5)8-16-19)10(15)12-13(14(2,3)4)17-18-21-12/h8,10H,6-7,15H2,1-5H3. The van der Waals surface area contributed by atoms with E-state index in [1.807, 2.05) is 4.68 Å². The van der Waals surface area contributed by atoms with Crippen LogP contribution in [0, 0.1) is 0 Å². The molecule has 2 N–H and O–H groups in total. The number of hydrogen-bond donors (Lipinski definition) is 1. The Morgan fingerprint density at radius 2 is 2.14 bits per heavy atom. The lowest BCUT2D eigenvalue weighted by Gasteiger charge is -2.20. The van der Waals surface area contributed by atoms with Crippen LogP contribution in [0.1, 0.15) is 56.4 Å². The van der Waals surface area contributed by atoms with Crippen LogP contribution in [0.3, 0.4) is 0 Å². The Morgan fingerprint density at radius 3 is 2.71 bits per heavy atom. The van der Waals surface area contributed by atoms with Gasteiger partial charge in [-0.3, -0.25) is 4.68 Å². The molecule has 7 heteroatoms. The van der Waals surface area contributed by atoms with Crippen molar-refractivity contribution in [1.29, 1.82) is 0 Å². The second kappa shape index (κ2) is 6.11. The van der Waals surface area contributed by atoms with Crippen molar-refractivity contribution < 1.29 is 4.74 Å². The molecule has 6 nitrogen and oxygen atoms in total. The largest absolute Gasteiger partial charge is 0.493 e. The molecule has 0 aliphatic heterocycles. The third-order valence-electron chi connectivity index (χ3n) is 3.30. The van der Waals surface area contributed by atoms with E-state index in [4.69, 9.17) is 10.5 Å². The Kier molecular flexibility index (Phi) is 4.63. The zero-order chi connectivity index (χ0) is 15.6. The summed E-state index contributed by atoms with van der Waals surface area (Å²) in [5, 5.41) is 8.64. The van der Waals surface area contributed by atoms with Gasteiger partial charge in [-0.15, -0.1) is 5.10 Å². The molecule has 21 heavy (non-hydrogen) atoms. The van der Waals surface area contributed by atoms with Crippen molar-refractivity contribution in [2.24, 2.45) is 5.73 Å². The fraction of sp³-hybridized carbons (Fsp3) is 0.643. The Balaban J connectivity index is 2.47. The molecule has 2 aromatic heterocycles. The summed E-state index contributed by atoms with van der Waals surface area (Å²) < 4.78 is 11.4. The van der Waals surface area contributed by atoms with Crippen molar-refractivity contribution in [2.75, 3.05) is 7.11 Å². The third-order valence-corrected chi connectivity index (χ3v) is 4.11. The van der Waals surface area contributed by atoms with Crippen LogP contribution in [0.4, 0.5) is 0 Å². The SMILES string of the molecule is CCCn1ncc(OC)c1C(N)c1snnc1C(C)(C)C. The number of ether oxygens (including phenoxy) is 1. The van der Waals surface area contributed by atoms with Gasteiger partial charge in [-0.05, 0) is 18.0 Å². The van der Waals surface area contributed by atoms with E-state index in [1.165, 1.54) is 11.5 Å². The predicted octanol–water partition coefficient (Wildman–Crippen LogP) is 2.50. The minimum atomic E-state index is -0.330. The number of nitrogens with two attached hydrogens (primary N) is 1. The minimum Gasteiger partial charge on any atom is -0.493 e. The van der Waals surface area contributed by atoms with E-state index in [2.05, 4.69) is 42.4 Å². The highest BCUT2D eigenvalue weighted by molar-refractivity contribution is 7.05. The molecule has 1 atom stereocenters. The van der Waals surface area contributed by atoms with Crippen molar-refractivity contribution in [3.05, 3.63) is 22.5 Å². The van der Waals surface area contributed by atoms with Gasteiger partial charge in [0, 0.05) is 12.0 Å². The molecule has 0 fully saturated rings. The molecule has 0 saturated heterocycles. The Morgan fingerprint density at radius 1 is 1.43 bits per heavy atom. The molecule has 0 amide bonds. The van der Waals surface area contributed by atoms with E-state index in [9.17, 15) is 0 Å². The first-order valence-corrected chi connectivity index (χ1v) is 7.85. The first-order valence-electron chi connectivity index (χ1n) is 7.08. The van der Waals surface area contributed by atoms with Gasteiger partial charge in [0.05, 0.1) is 29.9 Å². The molecule has 0 radical (unpaired) electrons. The minimum absolute atomic E-state index is 0.0944. The van der Waals surface area contributed by atoms with Crippen LogP contribution in [-0.2, 0) is 12.0 Å². The highest BCUT2D eigenvalue weighted by Gasteiger charge is 2.29. The third kappa shape index (κ3) is 3.08. The average molecular weight is 309 g/mol. The normalized spacial score (nSPS) is 13.4. The fourth-order valence-electron chi connectivity index (χ4n) is 2.28. The molecule has 116 valence electrons. The summed E-state index contributed by atoms with van der Waals surface area (Å²) in [7, 11) is 1.64. The molecule has 0 spiro atoms. The molecule has 0 saturated carbocycles. The highest BCUT2D eigenvalue weighted by atomic mass is 32.1. The van der Waals surface area contributed by atoms with Crippen LogP contribution in [0.15, 0.2) is 6.20 Å². The van der Waals surface area contributed by atoms with Crippen molar-refractivity contribution in [1.82, 2.24) is 19.4 Å². The summed E-state index contributed by atoms with van der Waals surface area (Å²) in [6.07, 6.45) is 2.70. The second-order valence-electron chi connectivity index (χ2n) is 6.03. The fourth-order valence-corrected chi connectivity index (χ4v) is 3.15. The highest BCUT2D eigenvalue weighted by Crippen LogP contribution is 2.35. The molecular weight excluding hydrogens is 286 g/mol. The van der Waals surface area contributed by atoms with Crippen LogP contribution in [0.2, 0.25) is 0 Å². The molecule has 2 aromatic rings. The smallest absolute Gasteiger partial charge is 0.161 e. The van der Waals surface area contributed by atoms with Crippen LogP contribution >= 0.6 is 11.5 Å². The van der Waals surface area contributed by atoms with Gasteiger partial charge < -0.3 is 10.5 Å². The van der Waals surface area contributed by atoms with Crippen molar-refractivity contribution in [3.63, 3.8) is 0 Å². The predicted molar refractivity (Wildman–Crippen MR) is 83.7 cm³/mol. The number of hydrogen-bond acceptors (Lipinski definition) is 6. The maximum absolute atomic E-state index is 6.50. The van der Waals surface area contributed by atoms with Crippen molar-refractivity contribution >= 4 is 11.5 Å². The molecule has 1 unspecified atom stereocenters. The Bertz CT molecular complexity index is 599. The second-order valence-corrected chi connectivity index (χ2v) is 6.82. The summed E-state index contributed by atoms with van der Waals surface area (Å²) in [5.74, 6) is 0.712. The summed E-state index contributed by atoms with van der Waals surface area (Å²) in [6.45, 7) is 9.25. The van der Waals surface area contributed by atoms with Crippen LogP contribution in [0.5, 0.6) is 5.75 Å². The maximum atomic E-state index is 6.50.